The zero-order valence-corrected chi connectivity index (χ0v) is 18.8. The fourth-order valence-electron chi connectivity index (χ4n) is 4.26. The number of hydrogen-bond acceptors (Lipinski definition) is 4. The van der Waals surface area contributed by atoms with Crippen LogP contribution in [0.5, 0.6) is 0 Å². The summed E-state index contributed by atoms with van der Waals surface area (Å²) in [7, 11) is 0. The highest BCUT2D eigenvalue weighted by Gasteiger charge is 2.39. The second-order valence-corrected chi connectivity index (χ2v) is 11.1. The Morgan fingerprint density at radius 3 is 2.22 bits per heavy atom. The quantitative estimate of drug-likeness (QED) is 0.446. The Hall–Kier alpha value is -1.04. The van der Waals surface area contributed by atoms with Crippen LogP contribution in [0.1, 0.15) is 80.1 Å². The van der Waals surface area contributed by atoms with Gasteiger partial charge in [-0.15, -0.1) is 11.8 Å². The van der Waals surface area contributed by atoms with Gasteiger partial charge in [-0.3, -0.25) is 19.3 Å². The van der Waals surface area contributed by atoms with E-state index in [-0.39, 0.29) is 33.8 Å². The Bertz CT molecular complexity index is 521. The second kappa shape index (κ2) is 9.94. The summed E-state index contributed by atoms with van der Waals surface area (Å²) in [5.74, 6) is 1.04. The maximum atomic E-state index is 12.6. The van der Waals surface area contributed by atoms with Crippen LogP contribution in [0, 0.1) is 16.7 Å². The van der Waals surface area contributed by atoms with E-state index in [0.717, 1.165) is 25.0 Å². The summed E-state index contributed by atoms with van der Waals surface area (Å²) in [5.41, 5.74) is 5.55. The van der Waals surface area contributed by atoms with Gasteiger partial charge >= 0.3 is 0 Å². The fraction of sp³-hybridized carbons (Fsp3) is 0.857. The zero-order valence-electron chi connectivity index (χ0n) is 18.0. The summed E-state index contributed by atoms with van der Waals surface area (Å²) >= 11 is 1.63. The number of hydrogen-bond donors (Lipinski definition) is 1. The molecule has 0 saturated carbocycles. The summed E-state index contributed by atoms with van der Waals surface area (Å²) in [5, 5.41) is -0.233. The van der Waals surface area contributed by atoms with Crippen LogP contribution in [0.3, 0.4) is 0 Å². The summed E-state index contributed by atoms with van der Waals surface area (Å²) < 4.78 is 0. The predicted molar refractivity (Wildman–Crippen MR) is 112 cm³/mol. The Morgan fingerprint density at radius 2 is 1.70 bits per heavy atom. The summed E-state index contributed by atoms with van der Waals surface area (Å²) in [6.07, 6.45) is 3.98. The molecule has 6 heteroatoms. The molecular formula is C21H38N2O3S. The summed E-state index contributed by atoms with van der Waals surface area (Å²) in [4.78, 5) is 36.9. The van der Waals surface area contributed by atoms with Crippen molar-refractivity contribution in [2.24, 2.45) is 22.5 Å². The van der Waals surface area contributed by atoms with Crippen molar-refractivity contribution < 1.29 is 14.4 Å². The first-order valence-electron chi connectivity index (χ1n) is 10.1. The van der Waals surface area contributed by atoms with Crippen molar-refractivity contribution in [3.8, 4) is 0 Å². The Labute approximate surface area is 169 Å². The fourth-order valence-corrected chi connectivity index (χ4v) is 5.44. The van der Waals surface area contributed by atoms with E-state index in [4.69, 9.17) is 5.73 Å². The van der Waals surface area contributed by atoms with Crippen LogP contribution < -0.4 is 5.73 Å². The van der Waals surface area contributed by atoms with E-state index in [1.807, 2.05) is 0 Å². The van der Waals surface area contributed by atoms with Gasteiger partial charge in [-0.25, -0.2) is 0 Å². The molecule has 3 amide bonds. The number of carbonyl (C=O) groups excluding carboxylic acids is 3. The molecule has 1 atom stereocenters. The molecule has 0 aromatic heterocycles. The van der Waals surface area contributed by atoms with E-state index in [9.17, 15) is 14.4 Å². The van der Waals surface area contributed by atoms with Gasteiger partial charge in [0.15, 0.2) is 0 Å². The van der Waals surface area contributed by atoms with Crippen molar-refractivity contribution in [3.05, 3.63) is 0 Å². The molecule has 0 spiro atoms. The van der Waals surface area contributed by atoms with Crippen LogP contribution in [-0.4, -0.2) is 40.2 Å². The normalized spacial score (nSPS) is 18.6. The molecule has 1 saturated heterocycles. The van der Waals surface area contributed by atoms with Gasteiger partial charge in [0.25, 0.3) is 0 Å². The molecule has 0 aromatic rings. The highest BCUT2D eigenvalue weighted by atomic mass is 32.2. The minimum absolute atomic E-state index is 0.0389. The zero-order chi connectivity index (χ0) is 20.8. The molecule has 1 aliphatic rings. The molecular weight excluding hydrogens is 360 g/mol. The molecule has 0 aromatic carbocycles. The number of nitrogens with zero attached hydrogens (tertiary/aromatic N) is 1. The van der Waals surface area contributed by atoms with Gasteiger partial charge in [-0.1, -0.05) is 48.0 Å². The van der Waals surface area contributed by atoms with Crippen molar-refractivity contribution in [2.45, 2.75) is 85.3 Å². The third-order valence-corrected chi connectivity index (χ3v) is 6.57. The van der Waals surface area contributed by atoms with Gasteiger partial charge < -0.3 is 5.73 Å². The van der Waals surface area contributed by atoms with E-state index < -0.39 is 0 Å². The molecule has 1 aliphatic heterocycles. The van der Waals surface area contributed by atoms with Crippen molar-refractivity contribution in [1.29, 1.82) is 0 Å². The highest BCUT2D eigenvalue weighted by Crippen LogP contribution is 2.43. The third kappa shape index (κ3) is 7.84. The van der Waals surface area contributed by atoms with Crippen molar-refractivity contribution in [1.82, 2.24) is 4.90 Å². The molecule has 5 nitrogen and oxygen atoms in total. The van der Waals surface area contributed by atoms with Gasteiger partial charge in [-0.2, -0.15) is 0 Å². The maximum absolute atomic E-state index is 12.6. The van der Waals surface area contributed by atoms with Gasteiger partial charge in [0.05, 0.1) is 5.25 Å². The lowest BCUT2D eigenvalue weighted by atomic mass is 9.65. The number of nitrogens with two attached hydrogens (primary N) is 1. The lowest BCUT2D eigenvalue weighted by Gasteiger charge is -2.41. The predicted octanol–water partition coefficient (Wildman–Crippen LogP) is 3.99. The maximum Gasteiger partial charge on any atom is 0.242 e. The van der Waals surface area contributed by atoms with Crippen molar-refractivity contribution in [3.63, 3.8) is 0 Å². The summed E-state index contributed by atoms with van der Waals surface area (Å²) in [6.45, 7) is 14.1. The minimum atomic E-state index is -0.302. The molecule has 1 fully saturated rings. The van der Waals surface area contributed by atoms with Crippen LogP contribution in [0.2, 0.25) is 0 Å². The lowest BCUT2D eigenvalue weighted by Crippen LogP contribution is -2.34. The molecule has 1 unspecified atom stereocenters. The third-order valence-electron chi connectivity index (χ3n) is 5.32. The first-order valence-corrected chi connectivity index (χ1v) is 11.1. The number of primary amides is 1. The molecule has 2 N–H and O–H groups in total. The van der Waals surface area contributed by atoms with E-state index >= 15 is 0 Å². The van der Waals surface area contributed by atoms with E-state index in [1.54, 1.807) is 11.8 Å². The van der Waals surface area contributed by atoms with Gasteiger partial charge in [0.2, 0.25) is 17.7 Å². The first kappa shape index (κ1) is 24.0. The molecule has 156 valence electrons. The van der Waals surface area contributed by atoms with E-state index in [2.05, 4.69) is 41.5 Å². The van der Waals surface area contributed by atoms with Crippen LogP contribution in [0.4, 0.5) is 0 Å². The number of thioether (sulfide) groups is 1. The molecule has 0 aliphatic carbocycles. The number of imide groups is 1. The monoisotopic (exact) mass is 398 g/mol. The standard InChI is InChI=1S/C21H38N2O3S/c1-20(2,3)16(21(4,5)6)11-13-27-15-14-18(25)23(19(15)26)12-9-7-8-10-17(22)24/h15-16H,7-14H2,1-6H3,(H2,22,24). The Morgan fingerprint density at radius 1 is 1.11 bits per heavy atom. The van der Waals surface area contributed by atoms with Gasteiger partial charge in [-0.05, 0) is 41.8 Å². The van der Waals surface area contributed by atoms with Crippen LogP contribution in [0.15, 0.2) is 0 Å². The molecule has 0 radical (unpaired) electrons. The van der Waals surface area contributed by atoms with Gasteiger partial charge in [0.1, 0.15) is 0 Å². The molecule has 1 heterocycles. The van der Waals surface area contributed by atoms with Crippen molar-refractivity contribution in [2.75, 3.05) is 12.3 Å². The summed E-state index contributed by atoms with van der Waals surface area (Å²) in [6, 6.07) is 0. The van der Waals surface area contributed by atoms with E-state index in [1.165, 1.54) is 4.90 Å². The average Bonchev–Trinajstić information content (AvgIpc) is 2.75. The topological polar surface area (TPSA) is 80.5 Å². The SMILES string of the molecule is CC(C)(C)C(CCSC1CC(=O)N(CCCCCC(N)=O)C1=O)C(C)(C)C. The Balaban J connectivity index is 2.45. The number of likely N-dealkylation sites (tertiary alicyclic amines) is 1. The lowest BCUT2D eigenvalue weighted by molar-refractivity contribution is -0.138. The molecule has 1 rings (SSSR count). The number of rotatable bonds is 10. The molecule has 0 bridgehead atoms. The second-order valence-electron chi connectivity index (χ2n) is 9.80. The van der Waals surface area contributed by atoms with Crippen LogP contribution in [0.25, 0.3) is 0 Å². The number of unbranched alkanes of at least 4 members (excludes halogenated alkanes) is 2. The van der Waals surface area contributed by atoms with Crippen LogP contribution in [-0.2, 0) is 14.4 Å². The Kier molecular flexibility index (Phi) is 8.84. The average molecular weight is 399 g/mol. The van der Waals surface area contributed by atoms with Crippen molar-refractivity contribution >= 4 is 29.5 Å². The highest BCUT2D eigenvalue weighted by molar-refractivity contribution is 8.00. The van der Waals surface area contributed by atoms with Crippen LogP contribution >= 0.6 is 11.8 Å². The smallest absolute Gasteiger partial charge is 0.242 e. The number of amides is 3. The molecule has 27 heavy (non-hydrogen) atoms. The van der Waals surface area contributed by atoms with Gasteiger partial charge in [0, 0.05) is 19.4 Å². The first-order chi connectivity index (χ1) is 12.3. The minimum Gasteiger partial charge on any atom is -0.370 e. The number of carbonyl (C=O) groups is 3. The van der Waals surface area contributed by atoms with E-state index in [0.29, 0.717) is 31.7 Å². The largest absolute Gasteiger partial charge is 0.370 e.